The molecule has 0 unspecified atom stereocenters. The third-order valence-corrected chi connectivity index (χ3v) is 5.98. The third-order valence-electron chi connectivity index (χ3n) is 5.24. The van der Waals surface area contributed by atoms with Gasteiger partial charge in [0.15, 0.2) is 0 Å². The molecule has 0 spiro atoms. The fraction of sp³-hybridized carbons (Fsp3) is 0.450. The van der Waals surface area contributed by atoms with Gasteiger partial charge < -0.3 is 9.64 Å². The van der Waals surface area contributed by atoms with Gasteiger partial charge in [-0.15, -0.1) is 0 Å². The summed E-state index contributed by atoms with van der Waals surface area (Å²) >= 11 is 1.65. The standard InChI is InChI=1S/C20H22FNO2S/c21-17-5-3-16(4-6-17)20(8-9-20)19(23)22(12-15-7-11-25-14-15)13-18-2-1-10-24-18/h3-7,11,14,18H,1-2,8-10,12-13H2/t18-/m0/s1. The van der Waals surface area contributed by atoms with Crippen molar-refractivity contribution >= 4 is 17.2 Å². The topological polar surface area (TPSA) is 29.5 Å². The maximum Gasteiger partial charge on any atom is 0.233 e. The van der Waals surface area contributed by atoms with Crippen LogP contribution in [0.25, 0.3) is 0 Å². The molecule has 2 fully saturated rings. The van der Waals surface area contributed by atoms with Crippen LogP contribution in [0.1, 0.15) is 36.8 Å². The summed E-state index contributed by atoms with van der Waals surface area (Å²) in [7, 11) is 0. The molecule has 0 N–H and O–H groups in total. The van der Waals surface area contributed by atoms with E-state index in [2.05, 4.69) is 11.4 Å². The highest BCUT2D eigenvalue weighted by Crippen LogP contribution is 2.50. The average Bonchev–Trinajstić information content (AvgIpc) is 3.01. The molecule has 1 aliphatic heterocycles. The Bertz CT molecular complexity index is 719. The molecule has 1 aromatic carbocycles. The van der Waals surface area contributed by atoms with Crippen molar-refractivity contribution in [1.82, 2.24) is 4.90 Å². The molecular weight excluding hydrogens is 337 g/mol. The van der Waals surface area contributed by atoms with Crippen LogP contribution in [0.2, 0.25) is 0 Å². The predicted molar refractivity (Wildman–Crippen MR) is 96.0 cm³/mol. The molecule has 132 valence electrons. The molecule has 0 bridgehead atoms. The maximum absolute atomic E-state index is 13.4. The Morgan fingerprint density at radius 2 is 2.08 bits per heavy atom. The fourth-order valence-electron chi connectivity index (χ4n) is 3.68. The van der Waals surface area contributed by atoms with Crippen molar-refractivity contribution in [3.8, 4) is 0 Å². The molecular formula is C20H22FNO2S. The predicted octanol–water partition coefficient (Wildman–Crippen LogP) is 4.13. The second kappa shape index (κ2) is 6.89. The molecule has 0 radical (unpaired) electrons. The van der Waals surface area contributed by atoms with Gasteiger partial charge >= 0.3 is 0 Å². The zero-order valence-corrected chi connectivity index (χ0v) is 14.9. The summed E-state index contributed by atoms with van der Waals surface area (Å²) in [6.07, 6.45) is 3.88. The Balaban J connectivity index is 1.56. The summed E-state index contributed by atoms with van der Waals surface area (Å²) in [6.45, 7) is 2.04. The lowest BCUT2D eigenvalue weighted by molar-refractivity contribution is -0.136. The highest BCUT2D eigenvalue weighted by atomic mass is 32.1. The third kappa shape index (κ3) is 3.48. The summed E-state index contributed by atoms with van der Waals surface area (Å²) in [6, 6.07) is 8.49. The van der Waals surface area contributed by atoms with E-state index < -0.39 is 5.41 Å². The molecule has 2 aliphatic rings. The Hall–Kier alpha value is -1.72. The smallest absolute Gasteiger partial charge is 0.233 e. The number of carbonyl (C=O) groups excluding carboxylic acids is 1. The van der Waals surface area contributed by atoms with E-state index in [1.165, 1.54) is 12.1 Å². The van der Waals surface area contributed by atoms with Crippen LogP contribution in [-0.2, 0) is 21.5 Å². The zero-order valence-electron chi connectivity index (χ0n) is 14.1. The molecule has 2 aromatic rings. The van der Waals surface area contributed by atoms with Gasteiger partial charge in [0.25, 0.3) is 0 Å². The van der Waals surface area contributed by atoms with E-state index in [4.69, 9.17) is 4.74 Å². The number of hydrogen-bond acceptors (Lipinski definition) is 3. The fourth-order valence-corrected chi connectivity index (χ4v) is 4.34. The summed E-state index contributed by atoms with van der Waals surface area (Å²) in [4.78, 5) is 15.4. The Morgan fingerprint density at radius 1 is 1.28 bits per heavy atom. The van der Waals surface area contributed by atoms with Gasteiger partial charge in [-0.1, -0.05) is 12.1 Å². The minimum Gasteiger partial charge on any atom is -0.376 e. The molecule has 1 amide bonds. The first-order valence-corrected chi connectivity index (χ1v) is 9.80. The highest BCUT2D eigenvalue weighted by Gasteiger charge is 2.53. The second-order valence-corrected chi connectivity index (χ2v) is 7.82. The quantitative estimate of drug-likeness (QED) is 0.776. The number of carbonyl (C=O) groups is 1. The van der Waals surface area contributed by atoms with Crippen LogP contribution >= 0.6 is 11.3 Å². The van der Waals surface area contributed by atoms with Crippen molar-refractivity contribution in [2.75, 3.05) is 13.2 Å². The van der Waals surface area contributed by atoms with Gasteiger partial charge in [0.05, 0.1) is 11.5 Å². The van der Waals surface area contributed by atoms with Crippen LogP contribution in [0.4, 0.5) is 4.39 Å². The number of nitrogens with zero attached hydrogens (tertiary/aromatic N) is 1. The van der Waals surface area contributed by atoms with E-state index in [0.29, 0.717) is 13.1 Å². The number of hydrogen-bond donors (Lipinski definition) is 0. The van der Waals surface area contributed by atoms with Gasteiger partial charge in [0.2, 0.25) is 5.91 Å². The minimum absolute atomic E-state index is 0.131. The normalized spacial score (nSPS) is 21.2. The largest absolute Gasteiger partial charge is 0.376 e. The van der Waals surface area contributed by atoms with Gasteiger partial charge in [-0.2, -0.15) is 11.3 Å². The first-order valence-electron chi connectivity index (χ1n) is 8.85. The lowest BCUT2D eigenvalue weighted by atomic mass is 9.94. The SMILES string of the molecule is O=C(N(Cc1ccsc1)C[C@@H]1CCCO1)C1(c2ccc(F)cc2)CC1. The second-order valence-electron chi connectivity index (χ2n) is 7.04. The van der Waals surface area contributed by atoms with Crippen molar-refractivity contribution in [2.24, 2.45) is 0 Å². The average molecular weight is 359 g/mol. The molecule has 1 saturated carbocycles. The molecule has 3 nitrogen and oxygen atoms in total. The molecule has 2 heterocycles. The minimum atomic E-state index is -0.470. The van der Waals surface area contributed by atoms with Crippen molar-refractivity contribution in [2.45, 2.75) is 43.7 Å². The lowest BCUT2D eigenvalue weighted by Gasteiger charge is -2.29. The molecule has 25 heavy (non-hydrogen) atoms. The number of thiophene rings is 1. The summed E-state index contributed by atoms with van der Waals surface area (Å²) in [5, 5.41) is 4.13. The number of amides is 1. The van der Waals surface area contributed by atoms with Gasteiger partial charge in [0, 0.05) is 19.7 Å². The summed E-state index contributed by atoms with van der Waals surface area (Å²) < 4.78 is 19.0. The number of ether oxygens (including phenoxy) is 1. The van der Waals surface area contributed by atoms with Crippen LogP contribution in [0, 0.1) is 5.82 Å². The molecule has 1 atom stereocenters. The van der Waals surface area contributed by atoms with Crippen LogP contribution in [-0.4, -0.2) is 30.1 Å². The molecule has 5 heteroatoms. The van der Waals surface area contributed by atoms with Crippen molar-refractivity contribution in [3.05, 3.63) is 58.0 Å². The highest BCUT2D eigenvalue weighted by molar-refractivity contribution is 7.07. The van der Waals surface area contributed by atoms with Crippen LogP contribution in [0.3, 0.4) is 0 Å². The van der Waals surface area contributed by atoms with Gasteiger partial charge in [0.1, 0.15) is 5.82 Å². The maximum atomic E-state index is 13.4. The van der Waals surface area contributed by atoms with Gasteiger partial charge in [-0.25, -0.2) is 4.39 Å². The summed E-state index contributed by atoms with van der Waals surface area (Å²) in [5.41, 5.74) is 1.62. The molecule has 4 rings (SSSR count). The van der Waals surface area contributed by atoms with Crippen LogP contribution < -0.4 is 0 Å². The molecule has 1 aromatic heterocycles. The number of halogens is 1. The van der Waals surface area contributed by atoms with E-state index in [1.807, 2.05) is 10.3 Å². The first kappa shape index (κ1) is 16.7. The van der Waals surface area contributed by atoms with E-state index >= 15 is 0 Å². The Labute approximate surface area is 151 Å². The number of benzene rings is 1. The molecule has 1 aliphatic carbocycles. The van der Waals surface area contributed by atoms with Crippen LogP contribution in [0.15, 0.2) is 41.1 Å². The molecule has 1 saturated heterocycles. The Kier molecular flexibility index (Phi) is 4.61. The first-order chi connectivity index (χ1) is 12.2. The van der Waals surface area contributed by atoms with Crippen molar-refractivity contribution in [3.63, 3.8) is 0 Å². The van der Waals surface area contributed by atoms with Gasteiger partial charge in [-0.05, 0) is 65.8 Å². The van der Waals surface area contributed by atoms with Crippen LogP contribution in [0.5, 0.6) is 0 Å². The zero-order chi connectivity index (χ0) is 17.3. The van der Waals surface area contributed by atoms with E-state index in [9.17, 15) is 9.18 Å². The van der Waals surface area contributed by atoms with Crippen molar-refractivity contribution in [1.29, 1.82) is 0 Å². The Morgan fingerprint density at radius 3 is 2.68 bits per heavy atom. The van der Waals surface area contributed by atoms with E-state index in [1.54, 1.807) is 23.5 Å². The van der Waals surface area contributed by atoms with Gasteiger partial charge in [-0.3, -0.25) is 4.79 Å². The van der Waals surface area contributed by atoms with E-state index in [0.717, 1.165) is 43.4 Å². The monoisotopic (exact) mass is 359 g/mol. The summed E-state index contributed by atoms with van der Waals surface area (Å²) in [5.74, 6) is -0.109. The van der Waals surface area contributed by atoms with Crippen molar-refractivity contribution < 1.29 is 13.9 Å². The lowest BCUT2D eigenvalue weighted by Crippen LogP contribution is -2.42. The number of rotatable bonds is 6. The van der Waals surface area contributed by atoms with E-state index in [-0.39, 0.29) is 17.8 Å².